The molecule has 0 aliphatic heterocycles. The van der Waals surface area contributed by atoms with E-state index in [1.54, 1.807) is 6.92 Å². The summed E-state index contributed by atoms with van der Waals surface area (Å²) < 4.78 is 11.3. The van der Waals surface area contributed by atoms with Crippen molar-refractivity contribution in [2.24, 2.45) is 0 Å². The zero-order valence-corrected chi connectivity index (χ0v) is 14.7. The fourth-order valence-electron chi connectivity index (χ4n) is 1.89. The minimum absolute atomic E-state index is 0.0442. The van der Waals surface area contributed by atoms with Gasteiger partial charge >= 0.3 is 6.09 Å². The second-order valence-corrected chi connectivity index (χ2v) is 5.63. The van der Waals surface area contributed by atoms with Crippen LogP contribution in [0.2, 0.25) is 0 Å². The third-order valence-electron chi connectivity index (χ3n) is 2.94. The number of nitrogens with zero attached hydrogens (tertiary/aromatic N) is 3. The Bertz CT molecular complexity index is 732. The Morgan fingerprint density at radius 1 is 1.20 bits per heavy atom. The molecule has 0 fully saturated rings. The molecule has 3 N–H and O–H groups in total. The number of imide groups is 1. The SMILES string of the molecule is CCOC(=O)NC(=O)CSc1nnc(-c2ccc(OCC)cc2)n1N. The number of rotatable bonds is 7. The molecule has 0 unspecified atom stereocenters. The highest BCUT2D eigenvalue weighted by Crippen LogP contribution is 2.23. The molecular formula is C15H19N5O4S. The Morgan fingerprint density at radius 2 is 1.92 bits per heavy atom. The summed E-state index contributed by atoms with van der Waals surface area (Å²) in [5.41, 5.74) is 0.765. The standard InChI is InChI=1S/C15H19N5O4S/c1-3-23-11-7-5-10(6-8-11)13-18-19-14(20(13)16)25-9-12(21)17-15(22)24-4-2/h5-8H,3-4,9,16H2,1-2H3,(H,17,21,22). The number of ether oxygens (including phenoxy) is 2. The zero-order chi connectivity index (χ0) is 18.2. The monoisotopic (exact) mass is 365 g/mol. The van der Waals surface area contributed by atoms with Gasteiger partial charge in [-0.2, -0.15) is 0 Å². The number of nitrogens with two attached hydrogens (primary N) is 1. The number of carbonyl (C=O) groups excluding carboxylic acids is 2. The first-order valence-corrected chi connectivity index (χ1v) is 8.56. The molecule has 1 heterocycles. The minimum atomic E-state index is -0.780. The molecule has 0 radical (unpaired) electrons. The predicted octanol–water partition coefficient (Wildman–Crippen LogP) is 1.42. The lowest BCUT2D eigenvalue weighted by atomic mass is 10.2. The van der Waals surface area contributed by atoms with Crippen LogP contribution < -0.4 is 15.9 Å². The molecule has 134 valence electrons. The van der Waals surface area contributed by atoms with Crippen molar-refractivity contribution in [3.05, 3.63) is 24.3 Å². The van der Waals surface area contributed by atoms with Gasteiger partial charge in [0.1, 0.15) is 5.75 Å². The predicted molar refractivity (Wildman–Crippen MR) is 92.7 cm³/mol. The molecule has 0 aliphatic carbocycles. The number of thioether (sulfide) groups is 1. The molecule has 1 aromatic carbocycles. The number of nitrogen functional groups attached to an aromatic ring is 1. The van der Waals surface area contributed by atoms with Gasteiger partial charge in [-0.3, -0.25) is 10.1 Å². The summed E-state index contributed by atoms with van der Waals surface area (Å²) in [6.07, 6.45) is -0.780. The van der Waals surface area contributed by atoms with Gasteiger partial charge < -0.3 is 15.3 Å². The summed E-state index contributed by atoms with van der Waals surface area (Å²) >= 11 is 1.06. The molecule has 2 aromatic rings. The Morgan fingerprint density at radius 3 is 2.56 bits per heavy atom. The molecule has 1 aromatic heterocycles. The largest absolute Gasteiger partial charge is 0.494 e. The van der Waals surface area contributed by atoms with Crippen molar-refractivity contribution in [1.82, 2.24) is 20.2 Å². The molecule has 0 saturated carbocycles. The highest BCUT2D eigenvalue weighted by molar-refractivity contribution is 7.99. The maximum absolute atomic E-state index is 11.6. The minimum Gasteiger partial charge on any atom is -0.494 e. The lowest BCUT2D eigenvalue weighted by Crippen LogP contribution is -2.32. The van der Waals surface area contributed by atoms with Crippen LogP contribution in [-0.2, 0) is 9.53 Å². The molecule has 2 amide bonds. The van der Waals surface area contributed by atoms with Gasteiger partial charge in [0, 0.05) is 5.56 Å². The van der Waals surface area contributed by atoms with Crippen LogP contribution in [0.4, 0.5) is 4.79 Å². The molecule has 9 nitrogen and oxygen atoms in total. The summed E-state index contributed by atoms with van der Waals surface area (Å²) in [4.78, 5) is 22.8. The van der Waals surface area contributed by atoms with Gasteiger partial charge in [-0.25, -0.2) is 9.47 Å². The summed E-state index contributed by atoms with van der Waals surface area (Å²) in [7, 11) is 0. The van der Waals surface area contributed by atoms with Crippen LogP contribution >= 0.6 is 11.8 Å². The van der Waals surface area contributed by atoms with Gasteiger partial charge in [-0.1, -0.05) is 11.8 Å². The Balaban J connectivity index is 1.98. The average molecular weight is 365 g/mol. The first-order chi connectivity index (χ1) is 12.0. The smallest absolute Gasteiger partial charge is 0.413 e. The second-order valence-electron chi connectivity index (χ2n) is 4.69. The number of alkyl carbamates (subject to hydrolysis) is 1. The van der Waals surface area contributed by atoms with Crippen LogP contribution in [-0.4, -0.2) is 45.8 Å². The van der Waals surface area contributed by atoms with Crippen molar-refractivity contribution in [2.45, 2.75) is 19.0 Å². The number of amides is 2. The molecule has 10 heteroatoms. The van der Waals surface area contributed by atoms with Gasteiger partial charge in [0.15, 0.2) is 5.82 Å². The quantitative estimate of drug-likeness (QED) is 0.558. The van der Waals surface area contributed by atoms with Gasteiger partial charge in [0.05, 0.1) is 19.0 Å². The Hall–Kier alpha value is -2.75. The fourth-order valence-corrected chi connectivity index (χ4v) is 2.54. The van der Waals surface area contributed by atoms with Gasteiger partial charge in [-0.15, -0.1) is 10.2 Å². The maximum atomic E-state index is 11.6. The highest BCUT2D eigenvalue weighted by Gasteiger charge is 2.15. The first-order valence-electron chi connectivity index (χ1n) is 7.58. The summed E-state index contributed by atoms with van der Waals surface area (Å²) in [5, 5.41) is 10.4. The second kappa shape index (κ2) is 8.92. The summed E-state index contributed by atoms with van der Waals surface area (Å²) in [6.45, 7) is 4.33. The van der Waals surface area contributed by atoms with Crippen molar-refractivity contribution >= 4 is 23.8 Å². The molecular weight excluding hydrogens is 346 g/mol. The van der Waals surface area contributed by atoms with Crippen LogP contribution in [0.1, 0.15) is 13.8 Å². The van der Waals surface area contributed by atoms with E-state index < -0.39 is 12.0 Å². The molecule has 25 heavy (non-hydrogen) atoms. The van der Waals surface area contributed by atoms with Gasteiger partial charge in [-0.05, 0) is 38.1 Å². The van der Waals surface area contributed by atoms with Gasteiger partial charge in [0.25, 0.3) is 0 Å². The van der Waals surface area contributed by atoms with E-state index in [0.29, 0.717) is 17.6 Å². The number of hydrogen-bond donors (Lipinski definition) is 2. The van der Waals surface area contributed by atoms with Crippen molar-refractivity contribution in [1.29, 1.82) is 0 Å². The molecule has 0 aliphatic rings. The maximum Gasteiger partial charge on any atom is 0.413 e. The van der Waals surface area contributed by atoms with E-state index in [9.17, 15) is 9.59 Å². The zero-order valence-electron chi connectivity index (χ0n) is 13.9. The van der Waals surface area contributed by atoms with E-state index in [0.717, 1.165) is 23.1 Å². The number of aromatic nitrogens is 3. The fraction of sp³-hybridized carbons (Fsp3) is 0.333. The van der Waals surface area contributed by atoms with Crippen molar-refractivity contribution in [3.63, 3.8) is 0 Å². The lowest BCUT2D eigenvalue weighted by molar-refractivity contribution is -0.117. The Kier molecular flexibility index (Phi) is 6.63. The van der Waals surface area contributed by atoms with Crippen LogP contribution in [0.3, 0.4) is 0 Å². The first kappa shape index (κ1) is 18.6. The number of nitrogens with one attached hydrogen (secondary N) is 1. The van der Waals surface area contributed by atoms with Gasteiger partial charge in [0.2, 0.25) is 11.1 Å². The third-order valence-corrected chi connectivity index (χ3v) is 3.88. The van der Waals surface area contributed by atoms with E-state index in [-0.39, 0.29) is 12.4 Å². The van der Waals surface area contributed by atoms with Crippen LogP contribution in [0.25, 0.3) is 11.4 Å². The van der Waals surface area contributed by atoms with E-state index in [2.05, 4.69) is 20.3 Å². The van der Waals surface area contributed by atoms with E-state index in [1.807, 2.05) is 31.2 Å². The summed E-state index contributed by atoms with van der Waals surface area (Å²) in [5.74, 6) is 6.64. The van der Waals surface area contributed by atoms with E-state index in [4.69, 9.17) is 10.6 Å². The molecule has 2 rings (SSSR count). The van der Waals surface area contributed by atoms with Crippen molar-refractivity contribution < 1.29 is 19.1 Å². The average Bonchev–Trinajstić information content (AvgIpc) is 2.95. The number of hydrogen-bond acceptors (Lipinski definition) is 8. The van der Waals surface area contributed by atoms with E-state index in [1.165, 1.54) is 4.68 Å². The molecule has 0 saturated heterocycles. The topological polar surface area (TPSA) is 121 Å². The van der Waals surface area contributed by atoms with E-state index >= 15 is 0 Å². The normalized spacial score (nSPS) is 10.3. The number of carbonyl (C=O) groups is 2. The summed E-state index contributed by atoms with van der Waals surface area (Å²) in [6, 6.07) is 7.26. The van der Waals surface area contributed by atoms with Crippen molar-refractivity contribution in [2.75, 3.05) is 24.8 Å². The van der Waals surface area contributed by atoms with Crippen LogP contribution in [0, 0.1) is 0 Å². The highest BCUT2D eigenvalue weighted by atomic mass is 32.2. The molecule has 0 bridgehead atoms. The number of benzene rings is 1. The third kappa shape index (κ3) is 5.11. The van der Waals surface area contributed by atoms with Crippen LogP contribution in [0.5, 0.6) is 5.75 Å². The molecule has 0 atom stereocenters. The van der Waals surface area contributed by atoms with Crippen molar-refractivity contribution in [3.8, 4) is 17.1 Å². The lowest BCUT2D eigenvalue weighted by Gasteiger charge is -2.06. The van der Waals surface area contributed by atoms with Crippen LogP contribution in [0.15, 0.2) is 29.4 Å². The molecule has 0 spiro atoms. The Labute approximate surface area is 148 Å².